The van der Waals surface area contributed by atoms with Crippen LogP contribution in [0.5, 0.6) is 0 Å². The fraction of sp³-hybridized carbons (Fsp3) is 0.958. The van der Waals surface area contributed by atoms with Gasteiger partial charge in [-0.15, -0.1) is 0 Å². The Bertz CT molecular complexity index is 288. The summed E-state index contributed by atoms with van der Waals surface area (Å²) >= 11 is 0. The second-order valence-corrected chi connectivity index (χ2v) is 8.28. The van der Waals surface area contributed by atoms with E-state index in [4.69, 9.17) is 4.74 Å². The molecule has 1 atom stereocenters. The third-order valence-corrected chi connectivity index (χ3v) is 5.29. The Labute approximate surface area is 164 Å². The van der Waals surface area contributed by atoms with Crippen molar-refractivity contribution < 1.29 is 9.53 Å². The molecule has 156 valence electrons. The van der Waals surface area contributed by atoms with E-state index in [1.165, 1.54) is 89.9 Å². The molecule has 2 heteroatoms. The molecule has 0 rings (SSSR count). The lowest BCUT2D eigenvalue weighted by Crippen LogP contribution is -2.11. The minimum atomic E-state index is 0.00245. The third-order valence-electron chi connectivity index (χ3n) is 5.29. The van der Waals surface area contributed by atoms with Gasteiger partial charge in [0.1, 0.15) is 0 Å². The van der Waals surface area contributed by atoms with E-state index in [9.17, 15) is 4.79 Å². The SMILES string of the molecule is CCCCCCCCCCCCCCCCCC(=O)OC[C@@H](C)CCC. The Balaban J connectivity index is 3.16. The van der Waals surface area contributed by atoms with E-state index in [0.717, 1.165) is 19.3 Å². The minimum Gasteiger partial charge on any atom is -0.465 e. The monoisotopic (exact) mass is 368 g/mol. The number of hydrogen-bond donors (Lipinski definition) is 0. The average Bonchev–Trinajstić information content (AvgIpc) is 2.63. The van der Waals surface area contributed by atoms with Gasteiger partial charge in [-0.3, -0.25) is 4.79 Å². The van der Waals surface area contributed by atoms with Gasteiger partial charge in [-0.05, 0) is 18.8 Å². The fourth-order valence-electron chi connectivity index (χ4n) is 3.52. The van der Waals surface area contributed by atoms with Crippen molar-refractivity contribution in [1.29, 1.82) is 0 Å². The molecule has 0 fully saturated rings. The maximum absolute atomic E-state index is 11.7. The van der Waals surface area contributed by atoms with Crippen molar-refractivity contribution in [3.63, 3.8) is 0 Å². The first kappa shape index (κ1) is 25.5. The molecule has 0 unspecified atom stereocenters. The van der Waals surface area contributed by atoms with E-state index in [2.05, 4.69) is 20.8 Å². The second kappa shape index (κ2) is 20.8. The molecule has 0 saturated carbocycles. The van der Waals surface area contributed by atoms with Crippen LogP contribution < -0.4 is 0 Å². The highest BCUT2D eigenvalue weighted by Crippen LogP contribution is 2.14. The average molecular weight is 369 g/mol. The van der Waals surface area contributed by atoms with Crippen LogP contribution in [0.2, 0.25) is 0 Å². The third kappa shape index (κ3) is 19.8. The highest BCUT2D eigenvalue weighted by atomic mass is 16.5. The molecule has 0 saturated heterocycles. The summed E-state index contributed by atoms with van der Waals surface area (Å²) in [6, 6.07) is 0. The van der Waals surface area contributed by atoms with Crippen LogP contribution in [0.1, 0.15) is 136 Å². The van der Waals surface area contributed by atoms with E-state index in [1.54, 1.807) is 0 Å². The van der Waals surface area contributed by atoms with Gasteiger partial charge in [0.25, 0.3) is 0 Å². The van der Waals surface area contributed by atoms with Crippen LogP contribution in [0.25, 0.3) is 0 Å². The van der Waals surface area contributed by atoms with E-state index in [1.807, 2.05) is 0 Å². The normalized spacial score (nSPS) is 12.3. The van der Waals surface area contributed by atoms with Gasteiger partial charge in [0, 0.05) is 6.42 Å². The van der Waals surface area contributed by atoms with E-state index in [-0.39, 0.29) is 5.97 Å². The summed E-state index contributed by atoms with van der Waals surface area (Å²) in [7, 11) is 0. The maximum atomic E-state index is 11.7. The Morgan fingerprint density at radius 1 is 0.654 bits per heavy atom. The molecular weight excluding hydrogens is 320 g/mol. The van der Waals surface area contributed by atoms with Gasteiger partial charge >= 0.3 is 5.97 Å². The molecule has 0 amide bonds. The van der Waals surface area contributed by atoms with E-state index < -0.39 is 0 Å². The first-order chi connectivity index (χ1) is 12.7. The van der Waals surface area contributed by atoms with Crippen molar-refractivity contribution in [2.75, 3.05) is 6.61 Å². The lowest BCUT2D eigenvalue weighted by Gasteiger charge is -2.10. The van der Waals surface area contributed by atoms with E-state index in [0.29, 0.717) is 18.9 Å². The van der Waals surface area contributed by atoms with E-state index >= 15 is 0 Å². The molecule has 0 aliphatic heterocycles. The molecular formula is C24H48O2. The Morgan fingerprint density at radius 3 is 1.50 bits per heavy atom. The largest absolute Gasteiger partial charge is 0.465 e. The summed E-state index contributed by atoms with van der Waals surface area (Å²) < 4.78 is 5.34. The van der Waals surface area contributed by atoms with Crippen LogP contribution >= 0.6 is 0 Å². The number of esters is 1. The van der Waals surface area contributed by atoms with Gasteiger partial charge in [0.15, 0.2) is 0 Å². The van der Waals surface area contributed by atoms with Gasteiger partial charge in [0.2, 0.25) is 0 Å². The molecule has 0 aliphatic rings. The van der Waals surface area contributed by atoms with Gasteiger partial charge < -0.3 is 4.74 Å². The molecule has 0 bridgehead atoms. The summed E-state index contributed by atoms with van der Waals surface area (Å²) in [5, 5.41) is 0. The Morgan fingerprint density at radius 2 is 1.08 bits per heavy atom. The molecule has 0 spiro atoms. The van der Waals surface area contributed by atoms with Crippen molar-refractivity contribution in [1.82, 2.24) is 0 Å². The van der Waals surface area contributed by atoms with Crippen molar-refractivity contribution in [2.24, 2.45) is 5.92 Å². The lowest BCUT2D eigenvalue weighted by atomic mass is 10.0. The molecule has 0 N–H and O–H groups in total. The van der Waals surface area contributed by atoms with Crippen molar-refractivity contribution in [3.8, 4) is 0 Å². The number of hydrogen-bond acceptors (Lipinski definition) is 2. The summed E-state index contributed by atoms with van der Waals surface area (Å²) in [6.07, 6.45) is 23.3. The highest BCUT2D eigenvalue weighted by Gasteiger charge is 2.06. The Hall–Kier alpha value is -0.530. The van der Waals surface area contributed by atoms with Crippen LogP contribution in [0, 0.1) is 5.92 Å². The predicted octanol–water partition coefficient (Wildman–Crippen LogP) is 8.23. The number of carbonyl (C=O) groups excluding carboxylic acids is 1. The molecule has 0 radical (unpaired) electrons. The second-order valence-electron chi connectivity index (χ2n) is 8.28. The van der Waals surface area contributed by atoms with Crippen LogP contribution in [-0.2, 0) is 9.53 Å². The number of rotatable bonds is 20. The van der Waals surface area contributed by atoms with Crippen LogP contribution in [0.15, 0.2) is 0 Å². The van der Waals surface area contributed by atoms with Gasteiger partial charge in [-0.1, -0.05) is 117 Å². The molecule has 0 heterocycles. The summed E-state index contributed by atoms with van der Waals surface area (Å²) in [6.45, 7) is 7.22. The standard InChI is InChI=1S/C24H48O2/c1-4-6-7-8-9-10-11-12-13-14-15-16-17-18-19-21-24(25)26-22-23(3)20-5-2/h23H,4-22H2,1-3H3/t23-/m0/s1. The number of ether oxygens (including phenoxy) is 1. The first-order valence-electron chi connectivity index (χ1n) is 11.9. The van der Waals surface area contributed by atoms with Crippen molar-refractivity contribution >= 4 is 5.97 Å². The highest BCUT2D eigenvalue weighted by molar-refractivity contribution is 5.69. The molecule has 0 aromatic rings. The van der Waals surface area contributed by atoms with Gasteiger partial charge in [-0.2, -0.15) is 0 Å². The zero-order valence-corrected chi connectivity index (χ0v) is 18.3. The molecule has 2 nitrogen and oxygen atoms in total. The zero-order valence-electron chi connectivity index (χ0n) is 18.3. The van der Waals surface area contributed by atoms with Gasteiger partial charge in [-0.25, -0.2) is 0 Å². The molecule has 0 aliphatic carbocycles. The smallest absolute Gasteiger partial charge is 0.305 e. The van der Waals surface area contributed by atoms with Crippen LogP contribution in [0.3, 0.4) is 0 Å². The minimum absolute atomic E-state index is 0.00245. The van der Waals surface area contributed by atoms with Crippen molar-refractivity contribution in [3.05, 3.63) is 0 Å². The Kier molecular flexibility index (Phi) is 20.4. The lowest BCUT2D eigenvalue weighted by molar-refractivity contribution is -0.145. The summed E-state index contributed by atoms with van der Waals surface area (Å²) in [5.41, 5.74) is 0. The molecule has 0 aromatic heterocycles. The van der Waals surface area contributed by atoms with Crippen molar-refractivity contribution in [2.45, 2.75) is 136 Å². The first-order valence-corrected chi connectivity index (χ1v) is 11.9. The van der Waals surface area contributed by atoms with Crippen LogP contribution in [-0.4, -0.2) is 12.6 Å². The number of carbonyl (C=O) groups is 1. The summed E-state index contributed by atoms with van der Waals surface area (Å²) in [5.74, 6) is 0.507. The quantitative estimate of drug-likeness (QED) is 0.160. The molecule has 0 aromatic carbocycles. The van der Waals surface area contributed by atoms with Crippen LogP contribution in [0.4, 0.5) is 0 Å². The molecule has 26 heavy (non-hydrogen) atoms. The zero-order chi connectivity index (χ0) is 19.3. The van der Waals surface area contributed by atoms with Gasteiger partial charge in [0.05, 0.1) is 6.61 Å². The number of unbranched alkanes of at least 4 members (excludes halogenated alkanes) is 14. The topological polar surface area (TPSA) is 26.3 Å². The maximum Gasteiger partial charge on any atom is 0.305 e. The fourth-order valence-corrected chi connectivity index (χ4v) is 3.52. The predicted molar refractivity (Wildman–Crippen MR) is 115 cm³/mol. The summed E-state index contributed by atoms with van der Waals surface area (Å²) in [4.78, 5) is 11.7.